The number of nitrogens with one attached hydrogen (secondary N) is 2. The van der Waals surface area contributed by atoms with Crippen molar-refractivity contribution >= 4 is 55.5 Å². The number of aromatic nitrogens is 2. The molecule has 0 saturated heterocycles. The van der Waals surface area contributed by atoms with Crippen LogP contribution in [0.1, 0.15) is 52.6 Å². The summed E-state index contributed by atoms with van der Waals surface area (Å²) in [7, 11) is -4.11. The van der Waals surface area contributed by atoms with Gasteiger partial charge in [-0.25, -0.2) is 0 Å². The van der Waals surface area contributed by atoms with Crippen LogP contribution < -0.4 is 10.0 Å². The van der Waals surface area contributed by atoms with E-state index < -0.39 is 15.9 Å². The number of carbonyl (C=O) groups excluding carboxylic acids is 2. The van der Waals surface area contributed by atoms with Crippen LogP contribution in [0.5, 0.6) is 0 Å². The summed E-state index contributed by atoms with van der Waals surface area (Å²) in [6.07, 6.45) is 0. The van der Waals surface area contributed by atoms with Crippen LogP contribution in [-0.4, -0.2) is 30.3 Å². The molecule has 0 fully saturated rings. The number of amides is 1. The number of hydrogen-bond acceptors (Lipinski definition) is 7. The third-order valence-electron chi connectivity index (χ3n) is 5.35. The largest absolute Gasteiger partial charge is 0.296 e. The van der Waals surface area contributed by atoms with Crippen LogP contribution in [0.25, 0.3) is 0 Å². The highest BCUT2D eigenvalue weighted by molar-refractivity contribution is 7.94. The number of hydrogen-bond donors (Lipinski definition) is 2. The maximum absolute atomic E-state index is 13.0. The molecule has 0 aliphatic rings. The standard InChI is InChI=1S/C26H23ClN4O4S2/c1-26(2,3)19-11-7-16(8-12-19)22(32)18-5-4-6-21(15-18)31-37(34,35)25-30-29-24(36-25)28-23(33)17-9-13-20(27)14-10-17/h4-15,31H,1-3H3,(H,28,29,33). The molecule has 11 heteroatoms. The molecule has 0 bridgehead atoms. The van der Waals surface area contributed by atoms with Gasteiger partial charge in [-0.05, 0) is 47.4 Å². The molecular weight excluding hydrogens is 532 g/mol. The van der Waals surface area contributed by atoms with E-state index in [2.05, 4.69) is 41.0 Å². The van der Waals surface area contributed by atoms with Crippen molar-refractivity contribution in [1.29, 1.82) is 0 Å². The third kappa shape index (κ3) is 6.40. The van der Waals surface area contributed by atoms with Crippen LogP contribution in [0.2, 0.25) is 5.02 Å². The van der Waals surface area contributed by atoms with Crippen molar-refractivity contribution in [1.82, 2.24) is 10.2 Å². The van der Waals surface area contributed by atoms with Crippen molar-refractivity contribution in [2.45, 2.75) is 30.5 Å². The second-order valence-electron chi connectivity index (χ2n) is 9.18. The first-order valence-electron chi connectivity index (χ1n) is 11.1. The molecule has 0 aliphatic heterocycles. The Hall–Kier alpha value is -3.60. The summed E-state index contributed by atoms with van der Waals surface area (Å²) in [6.45, 7) is 6.27. The first kappa shape index (κ1) is 26.5. The number of benzene rings is 3. The number of carbonyl (C=O) groups is 2. The van der Waals surface area contributed by atoms with Crippen LogP contribution in [0, 0.1) is 0 Å². The number of rotatable bonds is 7. The molecule has 0 radical (unpaired) electrons. The first-order valence-corrected chi connectivity index (χ1v) is 13.8. The van der Waals surface area contributed by atoms with E-state index in [0.29, 0.717) is 33.0 Å². The SMILES string of the molecule is CC(C)(C)c1ccc(C(=O)c2cccc(NS(=O)(=O)c3nnc(NC(=O)c4ccc(Cl)cc4)s3)c2)cc1. The van der Waals surface area contributed by atoms with Gasteiger partial charge in [-0.1, -0.05) is 80.1 Å². The number of sulfonamides is 1. The Morgan fingerprint density at radius 3 is 2.16 bits per heavy atom. The van der Waals surface area contributed by atoms with Crippen molar-refractivity contribution in [3.05, 3.63) is 100 Å². The quantitative estimate of drug-likeness (QED) is 0.221. The van der Waals surface area contributed by atoms with Gasteiger partial charge in [0.05, 0.1) is 0 Å². The van der Waals surface area contributed by atoms with E-state index in [1.807, 2.05) is 12.1 Å². The van der Waals surface area contributed by atoms with Crippen molar-refractivity contribution in [2.24, 2.45) is 0 Å². The Bertz CT molecular complexity index is 1560. The average molecular weight is 555 g/mol. The fourth-order valence-electron chi connectivity index (χ4n) is 3.35. The molecule has 190 valence electrons. The summed E-state index contributed by atoms with van der Waals surface area (Å²) in [5.41, 5.74) is 2.42. The van der Waals surface area contributed by atoms with Gasteiger partial charge < -0.3 is 0 Å². The van der Waals surface area contributed by atoms with Gasteiger partial charge in [-0.2, -0.15) is 8.42 Å². The van der Waals surface area contributed by atoms with Gasteiger partial charge in [0.1, 0.15) is 0 Å². The maximum atomic E-state index is 13.0. The van der Waals surface area contributed by atoms with Crippen LogP contribution >= 0.6 is 22.9 Å². The van der Waals surface area contributed by atoms with Gasteiger partial charge in [-0.15, -0.1) is 10.2 Å². The summed E-state index contributed by atoms with van der Waals surface area (Å²) in [4.78, 5) is 25.3. The van der Waals surface area contributed by atoms with Gasteiger partial charge >= 0.3 is 0 Å². The minimum absolute atomic E-state index is 0.0166. The highest BCUT2D eigenvalue weighted by Gasteiger charge is 2.22. The monoisotopic (exact) mass is 554 g/mol. The van der Waals surface area contributed by atoms with Crippen molar-refractivity contribution in [3.63, 3.8) is 0 Å². The Balaban J connectivity index is 1.47. The zero-order chi connectivity index (χ0) is 26.8. The predicted molar refractivity (Wildman–Crippen MR) is 145 cm³/mol. The maximum Gasteiger partial charge on any atom is 0.291 e. The van der Waals surface area contributed by atoms with Gasteiger partial charge in [0.15, 0.2) is 5.78 Å². The molecule has 37 heavy (non-hydrogen) atoms. The molecule has 0 atom stereocenters. The molecule has 2 N–H and O–H groups in total. The van der Waals surface area contributed by atoms with Crippen molar-refractivity contribution in [3.8, 4) is 0 Å². The third-order valence-corrected chi connectivity index (χ3v) is 8.19. The molecule has 0 aliphatic carbocycles. The molecule has 8 nitrogen and oxygen atoms in total. The first-order chi connectivity index (χ1) is 17.4. The molecule has 4 rings (SSSR count). The fourth-order valence-corrected chi connectivity index (χ4v) is 5.42. The summed E-state index contributed by atoms with van der Waals surface area (Å²) >= 11 is 6.53. The number of halogens is 1. The van der Waals surface area contributed by atoms with E-state index in [1.165, 1.54) is 24.3 Å². The molecule has 0 spiro atoms. The van der Waals surface area contributed by atoms with Gasteiger partial charge in [0, 0.05) is 27.4 Å². The molecule has 0 saturated carbocycles. The van der Waals surface area contributed by atoms with Gasteiger partial charge in [0.25, 0.3) is 20.3 Å². The lowest BCUT2D eigenvalue weighted by Crippen LogP contribution is -2.13. The normalized spacial score (nSPS) is 11.7. The summed E-state index contributed by atoms with van der Waals surface area (Å²) < 4.78 is 27.8. The van der Waals surface area contributed by atoms with E-state index in [1.54, 1.807) is 36.4 Å². The van der Waals surface area contributed by atoms with Crippen LogP contribution in [-0.2, 0) is 15.4 Å². The van der Waals surface area contributed by atoms with E-state index in [0.717, 1.165) is 5.56 Å². The predicted octanol–water partition coefficient (Wildman–Crippen LogP) is 5.77. The summed E-state index contributed by atoms with van der Waals surface area (Å²) in [5.74, 6) is -0.712. The lowest BCUT2D eigenvalue weighted by Gasteiger charge is -2.19. The Morgan fingerprint density at radius 1 is 0.865 bits per heavy atom. The number of ketones is 1. The molecular formula is C26H23ClN4O4S2. The molecule has 1 aromatic heterocycles. The molecule has 0 unspecified atom stereocenters. The average Bonchev–Trinajstić information content (AvgIpc) is 3.33. The highest BCUT2D eigenvalue weighted by atomic mass is 35.5. The van der Waals surface area contributed by atoms with E-state index in [9.17, 15) is 18.0 Å². The van der Waals surface area contributed by atoms with Gasteiger partial charge in [-0.3, -0.25) is 19.6 Å². The summed E-state index contributed by atoms with van der Waals surface area (Å²) in [5, 5.41) is 10.5. The summed E-state index contributed by atoms with van der Waals surface area (Å²) in [6, 6.07) is 19.8. The Morgan fingerprint density at radius 2 is 1.51 bits per heavy atom. The second kappa shape index (κ2) is 10.4. The molecule has 1 heterocycles. The van der Waals surface area contributed by atoms with Gasteiger partial charge in [0.2, 0.25) is 5.13 Å². The Labute approximate surface area is 223 Å². The smallest absolute Gasteiger partial charge is 0.291 e. The van der Waals surface area contributed by atoms with E-state index in [-0.39, 0.29) is 26.4 Å². The minimum Gasteiger partial charge on any atom is -0.296 e. The van der Waals surface area contributed by atoms with E-state index in [4.69, 9.17) is 11.6 Å². The highest BCUT2D eigenvalue weighted by Crippen LogP contribution is 2.25. The number of nitrogens with zero attached hydrogens (tertiary/aromatic N) is 2. The van der Waals surface area contributed by atoms with Crippen molar-refractivity contribution in [2.75, 3.05) is 10.0 Å². The molecule has 4 aromatic rings. The fraction of sp³-hybridized carbons (Fsp3) is 0.154. The lowest BCUT2D eigenvalue weighted by atomic mass is 9.86. The van der Waals surface area contributed by atoms with Crippen molar-refractivity contribution < 1.29 is 18.0 Å². The topological polar surface area (TPSA) is 118 Å². The van der Waals surface area contributed by atoms with Crippen LogP contribution in [0.3, 0.4) is 0 Å². The van der Waals surface area contributed by atoms with Crippen LogP contribution in [0.15, 0.2) is 77.1 Å². The minimum atomic E-state index is -4.11. The second-order valence-corrected chi connectivity index (χ2v) is 12.4. The van der Waals surface area contributed by atoms with E-state index >= 15 is 0 Å². The lowest BCUT2D eigenvalue weighted by molar-refractivity contribution is 0.102. The Kier molecular flexibility index (Phi) is 7.44. The molecule has 3 aromatic carbocycles. The van der Waals surface area contributed by atoms with Crippen LogP contribution in [0.4, 0.5) is 10.8 Å². The zero-order valence-corrected chi connectivity index (χ0v) is 22.5. The molecule has 1 amide bonds. The zero-order valence-electron chi connectivity index (χ0n) is 20.2. The number of anilines is 2.